The fourth-order valence-electron chi connectivity index (χ4n) is 2.88. The average molecular weight is 398 g/mol. The van der Waals surface area contributed by atoms with E-state index >= 15 is 0 Å². The molecule has 1 aromatic heterocycles. The van der Waals surface area contributed by atoms with E-state index in [9.17, 15) is 14.4 Å². The van der Waals surface area contributed by atoms with Gasteiger partial charge < -0.3 is 20.3 Å². The van der Waals surface area contributed by atoms with E-state index in [0.29, 0.717) is 18.1 Å². The number of carboxylic acid groups (broad SMARTS) is 1. The molecule has 1 saturated carbocycles. The van der Waals surface area contributed by atoms with Crippen LogP contribution in [0.4, 0.5) is 5.82 Å². The first-order valence-electron chi connectivity index (χ1n) is 8.89. The molecule has 1 fully saturated rings. The van der Waals surface area contributed by atoms with E-state index in [1.807, 2.05) is 11.8 Å². The predicted octanol–water partition coefficient (Wildman–Crippen LogP) is 1.10. The number of aromatic nitrogens is 1. The summed E-state index contributed by atoms with van der Waals surface area (Å²) in [7, 11) is 0. The van der Waals surface area contributed by atoms with Gasteiger partial charge in [0.1, 0.15) is 5.76 Å². The monoisotopic (exact) mass is 398 g/mol. The molecule has 1 atom stereocenters. The number of nitrogens with one attached hydrogen (secondary N) is 2. The normalized spacial score (nSPS) is 20.0. The molecule has 0 saturated heterocycles. The standard InChI is InChI=1S/C17H26N4O5S/c1-4-21(8-16(23)24)13-6-12(7-13)18-15(22)9-27-11(3)17(25)19-14-5-10(2)26-20-14/h5,11-13H,4,6-9H2,1-3H3,(H,18,22)(H,23,24)(H,19,20,25). The number of nitrogens with zero attached hydrogens (tertiary/aromatic N) is 2. The molecule has 3 N–H and O–H groups in total. The summed E-state index contributed by atoms with van der Waals surface area (Å²) < 4.78 is 4.89. The molecule has 9 nitrogen and oxygen atoms in total. The van der Waals surface area contributed by atoms with Gasteiger partial charge in [0, 0.05) is 18.2 Å². The summed E-state index contributed by atoms with van der Waals surface area (Å²) in [6.45, 7) is 6.08. The number of hydrogen-bond donors (Lipinski definition) is 3. The lowest BCUT2D eigenvalue weighted by molar-refractivity contribution is -0.139. The maximum absolute atomic E-state index is 12.1. The molecule has 0 spiro atoms. The second-order valence-electron chi connectivity index (χ2n) is 6.61. The number of rotatable bonds is 10. The van der Waals surface area contributed by atoms with Crippen molar-refractivity contribution < 1.29 is 24.0 Å². The van der Waals surface area contributed by atoms with Crippen molar-refractivity contribution in [2.45, 2.75) is 50.9 Å². The highest BCUT2D eigenvalue weighted by atomic mass is 32.2. The van der Waals surface area contributed by atoms with Gasteiger partial charge in [-0.05, 0) is 33.2 Å². The molecule has 0 radical (unpaired) electrons. The minimum Gasteiger partial charge on any atom is -0.480 e. The maximum atomic E-state index is 12.1. The Bertz CT molecular complexity index is 674. The molecule has 0 bridgehead atoms. The van der Waals surface area contributed by atoms with Gasteiger partial charge in [-0.3, -0.25) is 19.3 Å². The number of aliphatic carboxylic acids is 1. The minimum absolute atomic E-state index is 0.0232. The van der Waals surface area contributed by atoms with Gasteiger partial charge in [0.05, 0.1) is 17.5 Å². The zero-order valence-corrected chi connectivity index (χ0v) is 16.5. The summed E-state index contributed by atoms with van der Waals surface area (Å²) in [6.07, 6.45) is 1.50. The second-order valence-corrected chi connectivity index (χ2v) is 7.94. The molecule has 1 aromatic rings. The zero-order chi connectivity index (χ0) is 20.0. The molecule has 2 rings (SSSR count). The van der Waals surface area contributed by atoms with Crippen molar-refractivity contribution in [3.8, 4) is 0 Å². The highest BCUT2D eigenvalue weighted by molar-refractivity contribution is 8.01. The summed E-state index contributed by atoms with van der Waals surface area (Å²) in [6, 6.07) is 1.88. The summed E-state index contributed by atoms with van der Waals surface area (Å²) in [4.78, 5) is 36.9. The van der Waals surface area contributed by atoms with Crippen LogP contribution in [0, 0.1) is 6.92 Å². The van der Waals surface area contributed by atoms with Gasteiger partial charge in [0.25, 0.3) is 0 Å². The van der Waals surface area contributed by atoms with Crippen molar-refractivity contribution in [3.63, 3.8) is 0 Å². The van der Waals surface area contributed by atoms with Crippen LogP contribution < -0.4 is 10.6 Å². The Morgan fingerprint density at radius 2 is 2.15 bits per heavy atom. The SMILES string of the molecule is CCN(CC(=O)O)C1CC(NC(=O)CSC(C)C(=O)Nc2cc(C)on2)C1. The zero-order valence-electron chi connectivity index (χ0n) is 15.7. The van der Waals surface area contributed by atoms with Crippen LogP contribution in [0.2, 0.25) is 0 Å². The molecule has 0 aliphatic heterocycles. The molecule has 150 valence electrons. The highest BCUT2D eigenvalue weighted by Gasteiger charge is 2.34. The van der Waals surface area contributed by atoms with Gasteiger partial charge in [-0.15, -0.1) is 11.8 Å². The third kappa shape index (κ3) is 6.55. The van der Waals surface area contributed by atoms with Crippen molar-refractivity contribution in [3.05, 3.63) is 11.8 Å². The van der Waals surface area contributed by atoms with Gasteiger partial charge in [-0.25, -0.2) is 0 Å². The van der Waals surface area contributed by atoms with Crippen LogP contribution >= 0.6 is 11.8 Å². The Hall–Kier alpha value is -2.07. The van der Waals surface area contributed by atoms with Crippen molar-refractivity contribution in [1.29, 1.82) is 0 Å². The molecule has 0 aromatic carbocycles. The van der Waals surface area contributed by atoms with E-state index in [0.717, 1.165) is 12.8 Å². The van der Waals surface area contributed by atoms with E-state index in [-0.39, 0.29) is 36.2 Å². The van der Waals surface area contributed by atoms with Crippen molar-refractivity contribution in [1.82, 2.24) is 15.4 Å². The van der Waals surface area contributed by atoms with Gasteiger partial charge >= 0.3 is 5.97 Å². The quantitative estimate of drug-likeness (QED) is 0.535. The fraction of sp³-hybridized carbons (Fsp3) is 0.647. The molecular weight excluding hydrogens is 372 g/mol. The molecule has 1 heterocycles. The van der Waals surface area contributed by atoms with Crippen LogP contribution in [0.1, 0.15) is 32.4 Å². The van der Waals surface area contributed by atoms with Crippen molar-refractivity contribution in [2.24, 2.45) is 0 Å². The van der Waals surface area contributed by atoms with E-state index in [1.54, 1.807) is 19.9 Å². The predicted molar refractivity (Wildman–Crippen MR) is 102 cm³/mol. The Morgan fingerprint density at radius 1 is 1.44 bits per heavy atom. The van der Waals surface area contributed by atoms with Gasteiger partial charge in [-0.1, -0.05) is 12.1 Å². The molecule has 10 heteroatoms. The number of anilines is 1. The third-order valence-corrected chi connectivity index (χ3v) is 5.60. The summed E-state index contributed by atoms with van der Waals surface area (Å²) in [5, 5.41) is 17.8. The van der Waals surface area contributed by atoms with Gasteiger partial charge in [-0.2, -0.15) is 0 Å². The number of aryl methyl sites for hydroxylation is 1. The Balaban J connectivity index is 1.65. The second kappa shape index (κ2) is 9.75. The van der Waals surface area contributed by atoms with Gasteiger partial charge in [0.15, 0.2) is 5.82 Å². The lowest BCUT2D eigenvalue weighted by Gasteiger charge is -2.42. The Morgan fingerprint density at radius 3 is 2.70 bits per heavy atom. The van der Waals surface area contributed by atoms with Crippen molar-refractivity contribution in [2.75, 3.05) is 24.2 Å². The molecule has 2 amide bonds. The number of amides is 2. The van der Waals surface area contributed by atoms with E-state index < -0.39 is 11.2 Å². The molecule has 1 unspecified atom stereocenters. The Kier molecular flexibility index (Phi) is 7.66. The van der Waals surface area contributed by atoms with E-state index in [2.05, 4.69) is 15.8 Å². The first-order chi connectivity index (χ1) is 12.8. The number of carboxylic acids is 1. The first kappa shape index (κ1) is 21.2. The number of hydrogen-bond acceptors (Lipinski definition) is 7. The van der Waals surface area contributed by atoms with Crippen LogP contribution in [0.15, 0.2) is 10.6 Å². The summed E-state index contributed by atoms with van der Waals surface area (Å²) in [5.74, 6) is -0.0572. The lowest BCUT2D eigenvalue weighted by Crippen LogP contribution is -2.55. The minimum atomic E-state index is -0.839. The van der Waals surface area contributed by atoms with E-state index in [1.165, 1.54) is 11.8 Å². The average Bonchev–Trinajstić information content (AvgIpc) is 2.98. The topological polar surface area (TPSA) is 125 Å². The molecular formula is C17H26N4O5S. The smallest absolute Gasteiger partial charge is 0.317 e. The van der Waals surface area contributed by atoms with Crippen LogP contribution in [0.3, 0.4) is 0 Å². The molecule has 1 aliphatic rings. The largest absolute Gasteiger partial charge is 0.480 e. The number of thioether (sulfide) groups is 1. The summed E-state index contributed by atoms with van der Waals surface area (Å²) >= 11 is 1.24. The van der Waals surface area contributed by atoms with Crippen molar-refractivity contribution >= 4 is 35.4 Å². The fourth-order valence-corrected chi connectivity index (χ4v) is 3.57. The third-order valence-electron chi connectivity index (χ3n) is 4.45. The van der Waals surface area contributed by atoms with Gasteiger partial charge in [0.2, 0.25) is 11.8 Å². The lowest BCUT2D eigenvalue weighted by atomic mass is 9.85. The van der Waals surface area contributed by atoms with E-state index in [4.69, 9.17) is 9.63 Å². The Labute approximate surface area is 162 Å². The molecule has 1 aliphatic carbocycles. The van der Waals surface area contributed by atoms with Crippen LogP contribution in [0.25, 0.3) is 0 Å². The maximum Gasteiger partial charge on any atom is 0.317 e. The number of likely N-dealkylation sites (N-methyl/N-ethyl adjacent to an activating group) is 1. The van der Waals surface area contributed by atoms with Crippen LogP contribution in [0.5, 0.6) is 0 Å². The van der Waals surface area contributed by atoms with Crippen LogP contribution in [-0.2, 0) is 14.4 Å². The number of carbonyl (C=O) groups excluding carboxylic acids is 2. The summed E-state index contributed by atoms with van der Waals surface area (Å²) in [5.41, 5.74) is 0. The first-order valence-corrected chi connectivity index (χ1v) is 9.94. The molecule has 27 heavy (non-hydrogen) atoms. The number of carbonyl (C=O) groups is 3. The van der Waals surface area contributed by atoms with Crippen LogP contribution in [-0.4, -0.2) is 69.1 Å². The highest BCUT2D eigenvalue weighted by Crippen LogP contribution is 2.25.